The molecule has 2 N–H and O–H groups in total. The fraction of sp³-hybridized carbons (Fsp3) is 0.100. The number of pyridine rings is 1. The lowest BCUT2D eigenvalue weighted by Gasteiger charge is -2.09. The minimum Gasteiger partial charge on any atom is -0.494 e. The Morgan fingerprint density at radius 2 is 1.85 bits per heavy atom. The maximum Gasteiger partial charge on any atom is 0.257 e. The number of benzene rings is 2. The lowest BCUT2D eigenvalue weighted by Crippen LogP contribution is -2.13. The fourth-order valence-electron chi connectivity index (χ4n) is 2.31. The van der Waals surface area contributed by atoms with Crippen molar-refractivity contribution in [2.45, 2.75) is 6.92 Å². The van der Waals surface area contributed by atoms with E-state index in [1.807, 2.05) is 31.2 Å². The average molecular weight is 351 g/mol. The zero-order valence-corrected chi connectivity index (χ0v) is 14.2. The Balaban J connectivity index is 1.64. The van der Waals surface area contributed by atoms with Crippen molar-refractivity contribution in [3.8, 4) is 5.75 Å². The van der Waals surface area contributed by atoms with Crippen LogP contribution in [0, 0.1) is 5.82 Å². The smallest absolute Gasteiger partial charge is 0.257 e. The highest BCUT2D eigenvalue weighted by Crippen LogP contribution is 2.19. The second-order valence-electron chi connectivity index (χ2n) is 5.45. The van der Waals surface area contributed by atoms with Gasteiger partial charge in [-0.3, -0.25) is 4.79 Å². The molecule has 0 saturated heterocycles. The quantitative estimate of drug-likeness (QED) is 0.680. The van der Waals surface area contributed by atoms with Crippen LogP contribution in [0.2, 0.25) is 0 Å². The van der Waals surface area contributed by atoms with Gasteiger partial charge in [-0.05, 0) is 55.5 Å². The van der Waals surface area contributed by atoms with Crippen LogP contribution >= 0.6 is 0 Å². The number of rotatable bonds is 6. The highest BCUT2D eigenvalue weighted by Gasteiger charge is 2.09. The summed E-state index contributed by atoms with van der Waals surface area (Å²) in [6, 6.07) is 16.8. The van der Waals surface area contributed by atoms with Gasteiger partial charge in [0.25, 0.3) is 5.91 Å². The van der Waals surface area contributed by atoms with Crippen LogP contribution in [0.3, 0.4) is 0 Å². The van der Waals surface area contributed by atoms with E-state index in [2.05, 4.69) is 15.6 Å². The van der Waals surface area contributed by atoms with Crippen LogP contribution < -0.4 is 15.4 Å². The van der Waals surface area contributed by atoms with Gasteiger partial charge in [-0.25, -0.2) is 9.37 Å². The molecule has 26 heavy (non-hydrogen) atoms. The van der Waals surface area contributed by atoms with Crippen LogP contribution in [0.25, 0.3) is 0 Å². The predicted molar refractivity (Wildman–Crippen MR) is 99.5 cm³/mol. The van der Waals surface area contributed by atoms with Crippen molar-refractivity contribution >= 4 is 23.1 Å². The zero-order chi connectivity index (χ0) is 18.4. The summed E-state index contributed by atoms with van der Waals surface area (Å²) < 4.78 is 19.0. The van der Waals surface area contributed by atoms with E-state index in [0.717, 1.165) is 11.4 Å². The first-order valence-electron chi connectivity index (χ1n) is 8.17. The molecule has 3 rings (SSSR count). The van der Waals surface area contributed by atoms with Crippen molar-refractivity contribution in [2.75, 3.05) is 17.2 Å². The number of anilines is 3. The molecule has 0 radical (unpaired) electrons. The van der Waals surface area contributed by atoms with Gasteiger partial charge in [0, 0.05) is 11.9 Å². The van der Waals surface area contributed by atoms with E-state index in [1.165, 1.54) is 18.3 Å². The molecule has 0 atom stereocenters. The molecule has 2 aromatic carbocycles. The van der Waals surface area contributed by atoms with Gasteiger partial charge in [-0.1, -0.05) is 12.1 Å². The molecule has 5 nitrogen and oxygen atoms in total. The molecule has 3 aromatic rings. The first-order chi connectivity index (χ1) is 12.7. The van der Waals surface area contributed by atoms with E-state index in [-0.39, 0.29) is 5.69 Å². The lowest BCUT2D eigenvalue weighted by molar-refractivity contribution is 0.102. The highest BCUT2D eigenvalue weighted by molar-refractivity contribution is 6.04. The van der Waals surface area contributed by atoms with E-state index in [0.29, 0.717) is 18.0 Å². The topological polar surface area (TPSA) is 63.2 Å². The first-order valence-corrected chi connectivity index (χ1v) is 8.17. The molecule has 1 aromatic heterocycles. The monoisotopic (exact) mass is 351 g/mol. The SMILES string of the molecule is CCOc1ccc(Nc2ccc(C(=O)Nc3ccccc3F)cn2)cc1. The summed E-state index contributed by atoms with van der Waals surface area (Å²) in [4.78, 5) is 16.4. The van der Waals surface area contributed by atoms with Crippen LogP contribution in [0.5, 0.6) is 5.75 Å². The number of nitrogens with zero attached hydrogens (tertiary/aromatic N) is 1. The lowest BCUT2D eigenvalue weighted by atomic mass is 10.2. The highest BCUT2D eigenvalue weighted by atomic mass is 19.1. The summed E-state index contributed by atoms with van der Waals surface area (Å²) in [5.41, 5.74) is 1.32. The molecule has 6 heteroatoms. The Bertz CT molecular complexity index is 880. The van der Waals surface area contributed by atoms with Crippen molar-refractivity contribution < 1.29 is 13.9 Å². The number of hydrogen-bond donors (Lipinski definition) is 2. The average Bonchev–Trinajstić information content (AvgIpc) is 2.66. The molecule has 132 valence electrons. The van der Waals surface area contributed by atoms with Crippen LogP contribution in [-0.2, 0) is 0 Å². The third-order valence-electron chi connectivity index (χ3n) is 3.59. The summed E-state index contributed by atoms with van der Waals surface area (Å²) >= 11 is 0. The molecule has 0 unspecified atom stereocenters. The standard InChI is InChI=1S/C20H18FN3O2/c1-2-26-16-10-8-15(9-11-16)23-19-12-7-14(13-22-19)20(25)24-18-6-4-3-5-17(18)21/h3-13H,2H2,1H3,(H,22,23)(H,24,25). The Hall–Kier alpha value is -3.41. The Morgan fingerprint density at radius 3 is 2.50 bits per heavy atom. The maximum atomic E-state index is 13.6. The molecule has 1 heterocycles. The second kappa shape index (κ2) is 8.11. The minimum absolute atomic E-state index is 0.133. The van der Waals surface area contributed by atoms with E-state index in [9.17, 15) is 9.18 Å². The molecule has 1 amide bonds. The van der Waals surface area contributed by atoms with Gasteiger partial charge >= 0.3 is 0 Å². The van der Waals surface area contributed by atoms with Gasteiger partial charge in [0.15, 0.2) is 0 Å². The molecule has 0 aliphatic heterocycles. The molecular formula is C20H18FN3O2. The van der Waals surface area contributed by atoms with Gasteiger partial charge in [0.05, 0.1) is 17.9 Å². The number of amides is 1. The van der Waals surface area contributed by atoms with E-state index in [1.54, 1.807) is 24.3 Å². The van der Waals surface area contributed by atoms with E-state index in [4.69, 9.17) is 4.74 Å². The third-order valence-corrected chi connectivity index (χ3v) is 3.59. The maximum absolute atomic E-state index is 13.6. The zero-order valence-electron chi connectivity index (χ0n) is 14.2. The Labute approximate surface area is 150 Å². The number of aromatic nitrogens is 1. The summed E-state index contributed by atoms with van der Waals surface area (Å²) in [6.45, 7) is 2.55. The molecule has 0 aliphatic carbocycles. The van der Waals surface area contributed by atoms with Crippen molar-refractivity contribution in [2.24, 2.45) is 0 Å². The van der Waals surface area contributed by atoms with Crippen LogP contribution in [0.4, 0.5) is 21.6 Å². The summed E-state index contributed by atoms with van der Waals surface area (Å²) in [5.74, 6) is 0.487. The fourth-order valence-corrected chi connectivity index (χ4v) is 2.31. The van der Waals surface area contributed by atoms with Gasteiger partial charge in [0.2, 0.25) is 0 Å². The molecular weight excluding hydrogens is 333 g/mol. The number of para-hydroxylation sites is 1. The molecule has 0 fully saturated rings. The predicted octanol–water partition coefficient (Wildman–Crippen LogP) is 4.62. The summed E-state index contributed by atoms with van der Waals surface area (Å²) in [7, 11) is 0. The van der Waals surface area contributed by atoms with Gasteiger partial charge < -0.3 is 15.4 Å². The van der Waals surface area contributed by atoms with Gasteiger partial charge in [0.1, 0.15) is 17.4 Å². The van der Waals surface area contributed by atoms with E-state index < -0.39 is 11.7 Å². The van der Waals surface area contributed by atoms with Crippen LogP contribution in [-0.4, -0.2) is 17.5 Å². The second-order valence-corrected chi connectivity index (χ2v) is 5.45. The van der Waals surface area contributed by atoms with Crippen molar-refractivity contribution in [1.82, 2.24) is 4.98 Å². The number of halogens is 1. The van der Waals surface area contributed by atoms with Crippen LogP contribution in [0.15, 0.2) is 66.9 Å². The summed E-state index contributed by atoms with van der Waals surface area (Å²) in [6.07, 6.45) is 1.44. The number of hydrogen-bond acceptors (Lipinski definition) is 4. The van der Waals surface area contributed by atoms with Crippen LogP contribution in [0.1, 0.15) is 17.3 Å². The van der Waals surface area contributed by atoms with Crippen molar-refractivity contribution in [3.63, 3.8) is 0 Å². The Morgan fingerprint density at radius 1 is 1.08 bits per heavy atom. The molecule has 0 saturated carbocycles. The van der Waals surface area contributed by atoms with Gasteiger partial charge in [-0.15, -0.1) is 0 Å². The Kier molecular flexibility index (Phi) is 5.43. The van der Waals surface area contributed by atoms with Crippen molar-refractivity contribution in [1.29, 1.82) is 0 Å². The third kappa shape index (κ3) is 4.36. The van der Waals surface area contributed by atoms with Gasteiger partial charge in [-0.2, -0.15) is 0 Å². The number of carbonyl (C=O) groups is 1. The molecule has 0 spiro atoms. The largest absolute Gasteiger partial charge is 0.494 e. The van der Waals surface area contributed by atoms with E-state index >= 15 is 0 Å². The molecule has 0 bridgehead atoms. The number of ether oxygens (including phenoxy) is 1. The first kappa shape index (κ1) is 17.4. The van der Waals surface area contributed by atoms with Crippen molar-refractivity contribution in [3.05, 3.63) is 78.2 Å². The summed E-state index contributed by atoms with van der Waals surface area (Å²) in [5, 5.41) is 5.67. The number of carbonyl (C=O) groups excluding carboxylic acids is 1. The minimum atomic E-state index is -0.484. The molecule has 0 aliphatic rings. The normalized spacial score (nSPS) is 10.2. The number of nitrogens with one attached hydrogen (secondary N) is 2.